The van der Waals surface area contributed by atoms with Crippen LogP contribution in [0.1, 0.15) is 33.7 Å². The summed E-state index contributed by atoms with van der Waals surface area (Å²) in [5, 5.41) is 5.06. The lowest BCUT2D eigenvalue weighted by molar-refractivity contribution is 0.394. The molecule has 0 amide bonds. The van der Waals surface area contributed by atoms with Gasteiger partial charge in [0.2, 0.25) is 0 Å². The Balaban J connectivity index is 1.64. The third kappa shape index (κ3) is 3.61. The average molecular weight is 391 g/mol. The highest BCUT2D eigenvalue weighted by atomic mass is 15.3. The molecule has 1 aromatic heterocycles. The van der Waals surface area contributed by atoms with Gasteiger partial charge < -0.3 is 21.2 Å². The van der Waals surface area contributed by atoms with Gasteiger partial charge in [-0.1, -0.05) is 30.3 Å². The number of rotatable bonds is 4. The van der Waals surface area contributed by atoms with Crippen molar-refractivity contribution in [3.8, 4) is 0 Å². The number of aromatic amines is 1. The number of aromatic nitrogens is 1. The Kier molecular flexibility index (Phi) is 5.30. The highest BCUT2D eigenvalue weighted by Crippen LogP contribution is 2.37. The van der Waals surface area contributed by atoms with Crippen LogP contribution in [-0.2, 0) is 6.42 Å². The van der Waals surface area contributed by atoms with E-state index in [9.17, 15) is 0 Å². The zero-order chi connectivity index (χ0) is 20.5. The van der Waals surface area contributed by atoms with Gasteiger partial charge in [0.1, 0.15) is 0 Å². The van der Waals surface area contributed by atoms with E-state index in [1.165, 1.54) is 33.2 Å². The Labute approximate surface area is 171 Å². The Morgan fingerprint density at radius 3 is 2.62 bits per heavy atom. The molecule has 1 unspecified atom stereocenters. The molecule has 6 nitrogen and oxygen atoms in total. The van der Waals surface area contributed by atoms with Gasteiger partial charge in [-0.05, 0) is 61.6 Å². The van der Waals surface area contributed by atoms with Crippen LogP contribution in [0.4, 0.5) is 0 Å². The average Bonchev–Trinajstić information content (AvgIpc) is 3.34. The number of hydrazone groups is 1. The third-order valence-electron chi connectivity index (χ3n) is 6.34. The number of H-pyrrole nitrogens is 1. The van der Waals surface area contributed by atoms with Crippen LogP contribution in [0.2, 0.25) is 0 Å². The first-order valence-corrected chi connectivity index (χ1v) is 10.1. The van der Waals surface area contributed by atoms with Crippen LogP contribution in [-0.4, -0.2) is 35.9 Å². The van der Waals surface area contributed by atoms with Crippen molar-refractivity contribution in [1.82, 2.24) is 15.3 Å². The van der Waals surface area contributed by atoms with Gasteiger partial charge in [0, 0.05) is 41.7 Å². The second kappa shape index (κ2) is 7.89. The molecule has 0 spiro atoms. The molecule has 6 N–H and O–H groups in total. The van der Waals surface area contributed by atoms with Crippen molar-refractivity contribution in [1.29, 1.82) is 0 Å². The summed E-state index contributed by atoms with van der Waals surface area (Å²) in [5.74, 6) is 12.4. The van der Waals surface area contributed by atoms with E-state index in [1.807, 2.05) is 12.1 Å². The number of nitrogens with two attached hydrogens (primary N) is 2. The molecule has 0 saturated carbocycles. The van der Waals surface area contributed by atoms with Crippen LogP contribution in [0.25, 0.3) is 10.9 Å². The number of hydrazine groups is 1. The maximum Gasteiger partial charge on any atom is 0.166 e. The van der Waals surface area contributed by atoms with Gasteiger partial charge in [-0.3, -0.25) is 0 Å². The summed E-state index contributed by atoms with van der Waals surface area (Å²) in [6.07, 6.45) is 3.14. The number of benzene rings is 2. The normalized spacial score (nSPS) is 20.5. The lowest BCUT2D eigenvalue weighted by Crippen LogP contribution is -2.32. The van der Waals surface area contributed by atoms with E-state index < -0.39 is 0 Å². The molecule has 3 aromatic rings. The molecule has 2 aromatic carbocycles. The van der Waals surface area contributed by atoms with Crippen LogP contribution in [0.3, 0.4) is 0 Å². The Morgan fingerprint density at radius 2 is 1.93 bits per heavy atom. The van der Waals surface area contributed by atoms with Crippen molar-refractivity contribution >= 4 is 16.7 Å². The molecule has 6 heteroatoms. The summed E-state index contributed by atoms with van der Waals surface area (Å²) in [4.78, 5) is 5.85. The van der Waals surface area contributed by atoms with Gasteiger partial charge in [-0.15, -0.1) is 0 Å². The largest absolute Gasteiger partial charge is 0.361 e. The van der Waals surface area contributed by atoms with Crippen molar-refractivity contribution < 1.29 is 0 Å². The van der Waals surface area contributed by atoms with Crippen molar-refractivity contribution in [3.63, 3.8) is 0 Å². The minimum Gasteiger partial charge on any atom is -0.361 e. The van der Waals surface area contributed by atoms with Gasteiger partial charge in [0.15, 0.2) is 5.84 Å². The lowest BCUT2D eigenvalue weighted by atomic mass is 9.82. The number of aryl methyl sites for hydroxylation is 2. The first kappa shape index (κ1) is 19.5. The molecular weight excluding hydrogens is 360 g/mol. The van der Waals surface area contributed by atoms with Crippen molar-refractivity contribution in [2.75, 3.05) is 20.1 Å². The van der Waals surface area contributed by atoms with E-state index in [4.69, 9.17) is 11.7 Å². The Morgan fingerprint density at radius 1 is 1.17 bits per heavy atom. The van der Waals surface area contributed by atoms with Crippen molar-refractivity contribution in [2.24, 2.45) is 22.7 Å². The molecule has 1 aliphatic heterocycles. The molecule has 1 fully saturated rings. The van der Waals surface area contributed by atoms with Gasteiger partial charge in [-0.25, -0.2) is 5.84 Å². The summed E-state index contributed by atoms with van der Waals surface area (Å²) < 4.78 is 0. The van der Waals surface area contributed by atoms with Crippen LogP contribution in [0.5, 0.6) is 0 Å². The van der Waals surface area contributed by atoms with E-state index in [0.717, 1.165) is 25.1 Å². The molecule has 0 radical (unpaired) electrons. The quantitative estimate of drug-likeness (QED) is 0.238. The predicted octanol–water partition coefficient (Wildman–Crippen LogP) is 2.76. The summed E-state index contributed by atoms with van der Waals surface area (Å²) in [7, 11) is 2.22. The molecule has 0 bridgehead atoms. The minimum absolute atomic E-state index is 0.488. The van der Waals surface area contributed by atoms with E-state index in [0.29, 0.717) is 17.7 Å². The number of likely N-dealkylation sites (N-methyl/N-ethyl adjacent to an activating group) is 1. The summed E-state index contributed by atoms with van der Waals surface area (Å²) in [5.41, 5.74) is 10.2. The molecule has 1 aliphatic rings. The minimum atomic E-state index is 0.488. The number of hydrogen-bond acceptors (Lipinski definition) is 4. The van der Waals surface area contributed by atoms with Crippen LogP contribution < -0.4 is 17.1 Å². The summed E-state index contributed by atoms with van der Waals surface area (Å²) in [6.45, 7) is 6.59. The Bertz CT molecular complexity index is 1030. The van der Waals surface area contributed by atoms with Gasteiger partial charge >= 0.3 is 0 Å². The first-order chi connectivity index (χ1) is 14.0. The monoisotopic (exact) mass is 390 g/mol. The van der Waals surface area contributed by atoms with Gasteiger partial charge in [-0.2, -0.15) is 5.10 Å². The second-order valence-corrected chi connectivity index (χ2v) is 8.29. The van der Waals surface area contributed by atoms with Crippen LogP contribution in [0.15, 0.2) is 47.7 Å². The van der Waals surface area contributed by atoms with E-state index in [2.05, 4.69) is 71.8 Å². The number of nitrogens with one attached hydrogen (secondary N) is 2. The van der Waals surface area contributed by atoms with Gasteiger partial charge in [0.25, 0.3) is 0 Å². The number of hydrogen-bond donors (Lipinski definition) is 4. The number of nitrogens with zero attached hydrogens (tertiary/aromatic N) is 2. The zero-order valence-electron chi connectivity index (χ0n) is 17.4. The fraction of sp³-hybridized carbons (Fsp3) is 0.348. The summed E-state index contributed by atoms with van der Waals surface area (Å²) >= 11 is 0. The lowest BCUT2D eigenvalue weighted by Gasteiger charge is -2.21. The Hall–Kier alpha value is -2.83. The van der Waals surface area contributed by atoms with Crippen LogP contribution in [0, 0.1) is 19.8 Å². The third-order valence-corrected chi connectivity index (χ3v) is 6.34. The van der Waals surface area contributed by atoms with Crippen LogP contribution >= 0.6 is 0 Å². The smallest absolute Gasteiger partial charge is 0.166 e. The molecular formula is C23H30N6. The van der Waals surface area contributed by atoms with Crippen molar-refractivity contribution in [2.45, 2.75) is 26.2 Å². The molecule has 29 heavy (non-hydrogen) atoms. The summed E-state index contributed by atoms with van der Waals surface area (Å²) in [6, 6.07) is 13.0. The fourth-order valence-electron chi connectivity index (χ4n) is 4.93. The zero-order valence-corrected chi connectivity index (χ0v) is 17.4. The molecule has 0 aliphatic carbocycles. The van der Waals surface area contributed by atoms with Gasteiger partial charge in [0.05, 0.1) is 0 Å². The maximum absolute atomic E-state index is 5.49. The molecule has 4 rings (SSSR count). The molecule has 2 heterocycles. The first-order valence-electron chi connectivity index (χ1n) is 10.1. The topological polar surface area (TPSA) is 95.5 Å². The molecule has 1 saturated heterocycles. The van der Waals surface area contributed by atoms with Crippen molar-refractivity contribution in [3.05, 3.63) is 70.4 Å². The SMILES string of the molecule is Cc1cc(C)c2[nH]ccc2c1CC1CN(C)C[C@H]1c1ccc(/C(=N/N)NN)cc1. The predicted molar refractivity (Wildman–Crippen MR) is 120 cm³/mol. The van der Waals surface area contributed by atoms with E-state index in [-0.39, 0.29) is 0 Å². The highest BCUT2D eigenvalue weighted by Gasteiger charge is 2.32. The van der Waals surface area contributed by atoms with E-state index in [1.54, 1.807) is 0 Å². The fourth-order valence-corrected chi connectivity index (χ4v) is 4.93. The number of fused-ring (bicyclic) bond motifs is 1. The highest BCUT2D eigenvalue weighted by molar-refractivity contribution is 5.98. The molecule has 2 atom stereocenters. The number of likely N-dealkylation sites (tertiary alicyclic amines) is 1. The van der Waals surface area contributed by atoms with E-state index >= 15 is 0 Å². The second-order valence-electron chi connectivity index (χ2n) is 8.29. The number of amidine groups is 1. The standard InChI is InChI=1S/C23H30N6/c1-14-10-15(2)22-19(8-9-26-22)20(14)11-18-12-29(3)13-21(18)16-4-6-17(7-5-16)23(27-24)28-25/h4-10,18,21,26H,11-13,24-25H2,1-3H3,(H,27,28)/t18?,21-/m0/s1. The maximum atomic E-state index is 5.49. The molecule has 152 valence electrons.